The summed E-state index contributed by atoms with van der Waals surface area (Å²) in [6, 6.07) is 3.82. The van der Waals surface area contributed by atoms with Crippen molar-refractivity contribution in [2.45, 2.75) is 52.4 Å². The van der Waals surface area contributed by atoms with Gasteiger partial charge in [0.15, 0.2) is 5.78 Å². The summed E-state index contributed by atoms with van der Waals surface area (Å²) in [4.78, 5) is 12.1. The first-order valence-electron chi connectivity index (χ1n) is 8.99. The molecule has 0 spiro atoms. The number of carbonyl (C=O) groups is 1. The molecule has 1 aromatic rings. The van der Waals surface area contributed by atoms with Crippen LogP contribution in [0.25, 0.3) is 6.08 Å². The molecule has 2 unspecified atom stereocenters. The summed E-state index contributed by atoms with van der Waals surface area (Å²) in [5.74, 6) is 0.439. The van der Waals surface area contributed by atoms with Crippen LogP contribution in [0, 0.1) is 0 Å². The van der Waals surface area contributed by atoms with E-state index in [9.17, 15) is 14.5 Å². The summed E-state index contributed by atoms with van der Waals surface area (Å²) in [5.41, 5.74) is 2.61. The normalized spacial score (nSPS) is 14.5. The molecular formula is C20H31O5P. The van der Waals surface area contributed by atoms with Crippen LogP contribution in [-0.4, -0.2) is 31.3 Å². The first kappa shape index (κ1) is 22.6. The zero-order valence-corrected chi connectivity index (χ0v) is 17.5. The van der Waals surface area contributed by atoms with Gasteiger partial charge in [-0.15, -0.1) is 0 Å². The van der Waals surface area contributed by atoms with E-state index < -0.39 is 7.60 Å². The minimum absolute atomic E-state index is 0.212. The predicted octanol–water partition coefficient (Wildman–Crippen LogP) is 5.49. The summed E-state index contributed by atoms with van der Waals surface area (Å²) in [6.07, 6.45) is 4.59. The highest BCUT2D eigenvalue weighted by atomic mass is 31.2. The fraction of sp³-hybridized carbons (Fsp3) is 0.550. The second-order valence-corrected chi connectivity index (χ2v) is 8.87. The number of phenolic OH excluding ortho intramolecular Hbond substituents is 1. The number of carbonyl (C=O) groups excluding carboxylic acids is 1. The molecule has 0 bridgehead atoms. The van der Waals surface area contributed by atoms with Crippen molar-refractivity contribution in [2.75, 3.05) is 20.4 Å². The molecule has 0 amide bonds. The molecule has 26 heavy (non-hydrogen) atoms. The lowest BCUT2D eigenvalue weighted by Crippen LogP contribution is -2.04. The molecule has 0 fully saturated rings. The number of benzene rings is 1. The van der Waals surface area contributed by atoms with Gasteiger partial charge in [-0.2, -0.15) is 0 Å². The van der Waals surface area contributed by atoms with E-state index in [1.807, 2.05) is 12.1 Å². The third kappa shape index (κ3) is 5.80. The monoisotopic (exact) mass is 382 g/mol. The van der Waals surface area contributed by atoms with Crippen molar-refractivity contribution in [3.05, 3.63) is 34.9 Å². The minimum Gasteiger partial charge on any atom is -0.507 e. The molecule has 0 aliphatic rings. The second kappa shape index (κ2) is 10.1. The number of aromatic hydroxyl groups is 1. The fourth-order valence-corrected chi connectivity index (χ4v) is 3.52. The van der Waals surface area contributed by atoms with Crippen LogP contribution in [0.5, 0.6) is 5.75 Å². The lowest BCUT2D eigenvalue weighted by atomic mass is 9.88. The Morgan fingerprint density at radius 2 is 1.58 bits per heavy atom. The Morgan fingerprint density at radius 1 is 1.12 bits per heavy atom. The molecule has 6 heteroatoms. The predicted molar refractivity (Wildman–Crippen MR) is 106 cm³/mol. The molecule has 0 aliphatic carbocycles. The van der Waals surface area contributed by atoms with Gasteiger partial charge < -0.3 is 14.2 Å². The maximum absolute atomic E-state index is 12.1. The number of rotatable bonds is 10. The van der Waals surface area contributed by atoms with Gasteiger partial charge in [0.25, 0.3) is 0 Å². The van der Waals surface area contributed by atoms with Crippen LogP contribution in [0.15, 0.2) is 18.2 Å². The molecule has 0 aromatic heterocycles. The summed E-state index contributed by atoms with van der Waals surface area (Å²) >= 11 is 0. The summed E-state index contributed by atoms with van der Waals surface area (Å²) in [6.45, 7) is 8.29. The van der Waals surface area contributed by atoms with Crippen LogP contribution >= 0.6 is 7.60 Å². The number of ketones is 1. The van der Waals surface area contributed by atoms with Crippen LogP contribution in [0.4, 0.5) is 0 Å². The quantitative estimate of drug-likeness (QED) is 0.428. The lowest BCUT2D eigenvalue weighted by molar-refractivity contribution is -0.112. The second-order valence-electron chi connectivity index (χ2n) is 6.60. The molecule has 0 saturated heterocycles. The van der Waals surface area contributed by atoms with E-state index in [4.69, 9.17) is 9.05 Å². The van der Waals surface area contributed by atoms with Crippen molar-refractivity contribution in [1.29, 1.82) is 0 Å². The first-order valence-corrected chi connectivity index (χ1v) is 10.7. The Balaban J connectivity index is 3.19. The van der Waals surface area contributed by atoms with Crippen LogP contribution in [-0.2, 0) is 18.4 Å². The van der Waals surface area contributed by atoms with Gasteiger partial charge in [-0.05, 0) is 59.6 Å². The number of phenols is 1. The van der Waals surface area contributed by atoms with Crippen LogP contribution < -0.4 is 0 Å². The molecule has 5 nitrogen and oxygen atoms in total. The summed E-state index contributed by atoms with van der Waals surface area (Å²) in [7, 11) is -0.843. The highest BCUT2D eigenvalue weighted by Crippen LogP contribution is 2.46. The average molecular weight is 382 g/mol. The molecule has 1 N–H and O–H groups in total. The van der Waals surface area contributed by atoms with E-state index in [2.05, 4.69) is 27.7 Å². The van der Waals surface area contributed by atoms with Gasteiger partial charge in [0.2, 0.25) is 0 Å². The summed E-state index contributed by atoms with van der Waals surface area (Å²) < 4.78 is 21.7. The van der Waals surface area contributed by atoms with Crippen LogP contribution in [0.3, 0.4) is 0 Å². The maximum atomic E-state index is 12.1. The highest BCUT2D eigenvalue weighted by Gasteiger charge is 2.24. The molecule has 0 radical (unpaired) electrons. The van der Waals surface area contributed by atoms with Crippen LogP contribution in [0.2, 0.25) is 0 Å². The third-order valence-electron chi connectivity index (χ3n) is 4.85. The molecule has 0 heterocycles. The Kier molecular flexibility index (Phi) is 8.75. The Hall–Kier alpha value is -1.42. The van der Waals surface area contributed by atoms with E-state index >= 15 is 0 Å². The van der Waals surface area contributed by atoms with Gasteiger partial charge in [0.1, 0.15) is 11.9 Å². The van der Waals surface area contributed by atoms with Crippen molar-refractivity contribution in [1.82, 2.24) is 0 Å². The lowest BCUT2D eigenvalue weighted by Gasteiger charge is -2.19. The molecule has 2 atom stereocenters. The fourth-order valence-electron chi connectivity index (χ4n) is 2.63. The van der Waals surface area contributed by atoms with Gasteiger partial charge in [-0.1, -0.05) is 33.8 Å². The van der Waals surface area contributed by atoms with Crippen molar-refractivity contribution in [2.24, 2.45) is 0 Å². The van der Waals surface area contributed by atoms with Gasteiger partial charge >= 0.3 is 7.60 Å². The molecular weight excluding hydrogens is 351 g/mol. The van der Waals surface area contributed by atoms with Crippen molar-refractivity contribution < 1.29 is 23.5 Å². The van der Waals surface area contributed by atoms with Crippen molar-refractivity contribution >= 4 is 19.5 Å². The summed E-state index contributed by atoms with van der Waals surface area (Å²) in [5, 5.41) is 10.6. The van der Waals surface area contributed by atoms with Gasteiger partial charge in [-0.25, -0.2) is 0 Å². The third-order valence-corrected chi connectivity index (χ3v) is 6.66. The van der Waals surface area contributed by atoms with Gasteiger partial charge in [-0.3, -0.25) is 9.36 Å². The number of hydrogen-bond donors (Lipinski definition) is 1. The van der Waals surface area contributed by atoms with Crippen LogP contribution in [0.1, 0.15) is 69.1 Å². The molecule has 1 rings (SSSR count). The Morgan fingerprint density at radius 3 is 1.96 bits per heavy atom. The van der Waals surface area contributed by atoms with E-state index in [1.165, 1.54) is 20.3 Å². The van der Waals surface area contributed by atoms with Crippen molar-refractivity contribution in [3.8, 4) is 5.75 Å². The Bertz CT molecular complexity index is 656. The van der Waals surface area contributed by atoms with E-state index in [0.29, 0.717) is 5.75 Å². The molecule has 1 aromatic carbocycles. The first-order chi connectivity index (χ1) is 12.2. The minimum atomic E-state index is -3.37. The largest absolute Gasteiger partial charge is 0.507 e. The van der Waals surface area contributed by atoms with E-state index in [-0.39, 0.29) is 23.8 Å². The number of hydrogen-bond acceptors (Lipinski definition) is 5. The standard InChI is InChI=1S/C20H31O5P/c1-7-14(3)18-11-16(12-19(20(18)22)15(4)8-2)9-10-17(21)13-26(23,24-5)25-6/h9-12,14-15,22H,7-8,13H2,1-6H3/b10-9+. The van der Waals surface area contributed by atoms with Gasteiger partial charge in [0.05, 0.1) is 0 Å². The Labute approximate surface area is 156 Å². The topological polar surface area (TPSA) is 72.8 Å². The average Bonchev–Trinajstić information content (AvgIpc) is 2.65. The SMILES string of the molecule is CCC(C)c1cc(/C=C/C(=O)CP(=O)(OC)OC)cc(C(C)CC)c1O. The number of allylic oxidation sites excluding steroid dienone is 1. The van der Waals surface area contributed by atoms with Gasteiger partial charge in [0, 0.05) is 14.2 Å². The zero-order valence-electron chi connectivity index (χ0n) is 16.6. The van der Waals surface area contributed by atoms with E-state index in [1.54, 1.807) is 6.08 Å². The molecule has 0 saturated carbocycles. The smallest absolute Gasteiger partial charge is 0.337 e. The van der Waals surface area contributed by atoms with E-state index in [0.717, 1.165) is 29.5 Å². The zero-order chi connectivity index (χ0) is 19.9. The van der Waals surface area contributed by atoms with Crippen molar-refractivity contribution in [3.63, 3.8) is 0 Å². The molecule has 0 aliphatic heterocycles. The molecule has 146 valence electrons. The highest BCUT2D eigenvalue weighted by molar-refractivity contribution is 7.54. The maximum Gasteiger partial charge on any atom is 0.337 e.